The van der Waals surface area contributed by atoms with Crippen LogP contribution in [-0.2, 0) is 16.0 Å². The van der Waals surface area contributed by atoms with Crippen molar-refractivity contribution in [3.63, 3.8) is 0 Å². The van der Waals surface area contributed by atoms with Crippen molar-refractivity contribution in [3.05, 3.63) is 66.2 Å². The molecule has 1 N–H and O–H groups in total. The second-order valence-electron chi connectivity index (χ2n) is 7.06. The molecular weight excluding hydrogens is 352 g/mol. The summed E-state index contributed by atoms with van der Waals surface area (Å²) >= 11 is 0. The number of amides is 1. The van der Waals surface area contributed by atoms with Crippen molar-refractivity contribution < 1.29 is 14.3 Å². The van der Waals surface area contributed by atoms with Gasteiger partial charge in [-0.15, -0.1) is 0 Å². The molecule has 1 atom stereocenters. The molecule has 1 heterocycles. The Labute approximate surface area is 167 Å². The van der Waals surface area contributed by atoms with Crippen molar-refractivity contribution in [1.29, 1.82) is 0 Å². The summed E-state index contributed by atoms with van der Waals surface area (Å²) in [7, 11) is 0. The van der Waals surface area contributed by atoms with Gasteiger partial charge in [0.1, 0.15) is 5.75 Å². The van der Waals surface area contributed by atoms with Crippen LogP contribution in [0.4, 0.5) is 0 Å². The lowest BCUT2D eigenvalue weighted by molar-refractivity contribution is -0.121. The van der Waals surface area contributed by atoms with E-state index < -0.39 is 0 Å². The minimum atomic E-state index is 0.0861. The highest BCUT2D eigenvalue weighted by Gasteiger charge is 2.21. The number of hydrogen-bond acceptors (Lipinski definition) is 4. The van der Waals surface area contributed by atoms with Crippen LogP contribution in [-0.4, -0.2) is 56.3 Å². The van der Waals surface area contributed by atoms with E-state index in [0.29, 0.717) is 26.0 Å². The lowest BCUT2D eigenvalue weighted by atomic mass is 10.0. The van der Waals surface area contributed by atoms with E-state index in [1.807, 2.05) is 36.4 Å². The quantitative estimate of drug-likeness (QED) is 0.642. The van der Waals surface area contributed by atoms with Crippen molar-refractivity contribution >= 4 is 5.91 Å². The average molecular weight is 383 g/mol. The molecule has 0 aliphatic carbocycles. The summed E-state index contributed by atoms with van der Waals surface area (Å²) in [4.78, 5) is 14.7. The molecule has 1 unspecified atom stereocenters. The van der Waals surface area contributed by atoms with Crippen LogP contribution < -0.4 is 10.1 Å². The zero-order valence-corrected chi connectivity index (χ0v) is 16.4. The molecule has 150 valence electrons. The number of rotatable bonds is 10. The van der Waals surface area contributed by atoms with E-state index in [9.17, 15) is 4.79 Å². The number of para-hydroxylation sites is 1. The first-order chi connectivity index (χ1) is 13.8. The molecule has 0 aromatic heterocycles. The van der Waals surface area contributed by atoms with Gasteiger partial charge >= 0.3 is 0 Å². The van der Waals surface area contributed by atoms with Crippen LogP contribution in [0.2, 0.25) is 0 Å². The molecule has 1 fully saturated rings. The third kappa shape index (κ3) is 6.98. The maximum atomic E-state index is 12.3. The molecular formula is C23H30N2O3. The van der Waals surface area contributed by atoms with Crippen LogP contribution in [0.25, 0.3) is 0 Å². The molecule has 3 rings (SSSR count). The first-order valence-corrected chi connectivity index (χ1v) is 10.1. The lowest BCUT2D eigenvalue weighted by Crippen LogP contribution is -2.49. The number of nitrogens with one attached hydrogen (secondary N) is 1. The highest BCUT2D eigenvalue weighted by atomic mass is 16.5. The predicted octanol–water partition coefficient (Wildman–Crippen LogP) is 2.91. The molecule has 0 spiro atoms. The van der Waals surface area contributed by atoms with E-state index in [0.717, 1.165) is 38.5 Å². The van der Waals surface area contributed by atoms with Crippen molar-refractivity contribution in [2.45, 2.75) is 25.3 Å². The minimum absolute atomic E-state index is 0.0861. The van der Waals surface area contributed by atoms with Gasteiger partial charge in [-0.25, -0.2) is 0 Å². The number of morpholine rings is 1. The third-order valence-electron chi connectivity index (χ3n) is 4.97. The smallest absolute Gasteiger partial charge is 0.220 e. The van der Waals surface area contributed by atoms with Gasteiger partial charge in [0.15, 0.2) is 0 Å². The van der Waals surface area contributed by atoms with Gasteiger partial charge in [-0.2, -0.15) is 0 Å². The maximum absolute atomic E-state index is 12.3. The lowest BCUT2D eigenvalue weighted by Gasteiger charge is -2.34. The van der Waals surface area contributed by atoms with Crippen molar-refractivity contribution in [2.24, 2.45) is 0 Å². The number of nitrogens with zero attached hydrogens (tertiary/aromatic N) is 1. The van der Waals surface area contributed by atoms with Crippen molar-refractivity contribution in [1.82, 2.24) is 10.2 Å². The van der Waals surface area contributed by atoms with Crippen LogP contribution in [0.5, 0.6) is 5.75 Å². The maximum Gasteiger partial charge on any atom is 0.220 e. The number of hydrogen-bond donors (Lipinski definition) is 1. The highest BCUT2D eigenvalue weighted by Crippen LogP contribution is 2.11. The standard InChI is InChI=1S/C23H30N2O3/c26-23(12-7-15-28-22-10-5-2-6-11-22)24-19-21(25-13-16-27-17-14-25)18-20-8-3-1-4-9-20/h1-6,8-11,21H,7,12-19H2,(H,24,26). The van der Waals surface area contributed by atoms with E-state index in [2.05, 4.69) is 34.5 Å². The molecule has 1 saturated heterocycles. The Morgan fingerprint density at radius 3 is 2.43 bits per heavy atom. The predicted molar refractivity (Wildman–Crippen MR) is 111 cm³/mol. The van der Waals surface area contributed by atoms with E-state index >= 15 is 0 Å². The fourth-order valence-corrected chi connectivity index (χ4v) is 3.42. The SMILES string of the molecule is O=C(CCCOc1ccccc1)NCC(Cc1ccccc1)N1CCOCC1. The molecule has 1 aliphatic rings. The van der Waals surface area contributed by atoms with Gasteiger partial charge < -0.3 is 14.8 Å². The van der Waals surface area contributed by atoms with Crippen molar-refractivity contribution in [3.8, 4) is 5.75 Å². The topological polar surface area (TPSA) is 50.8 Å². The molecule has 1 amide bonds. The Balaban J connectivity index is 1.42. The molecule has 0 bridgehead atoms. The second-order valence-corrected chi connectivity index (χ2v) is 7.06. The Hall–Kier alpha value is -2.37. The summed E-state index contributed by atoms with van der Waals surface area (Å²) in [5.41, 5.74) is 1.30. The van der Waals surface area contributed by atoms with Gasteiger partial charge in [-0.1, -0.05) is 48.5 Å². The molecule has 5 nitrogen and oxygen atoms in total. The summed E-state index contributed by atoms with van der Waals surface area (Å²) in [6.45, 7) is 4.56. The zero-order valence-electron chi connectivity index (χ0n) is 16.4. The number of ether oxygens (including phenoxy) is 2. The van der Waals surface area contributed by atoms with Gasteiger partial charge in [0, 0.05) is 32.1 Å². The van der Waals surface area contributed by atoms with Gasteiger partial charge in [0.05, 0.1) is 19.8 Å². The summed E-state index contributed by atoms with van der Waals surface area (Å²) < 4.78 is 11.1. The summed E-state index contributed by atoms with van der Waals surface area (Å²) in [5, 5.41) is 3.12. The van der Waals surface area contributed by atoms with Crippen LogP contribution >= 0.6 is 0 Å². The number of carbonyl (C=O) groups is 1. The Morgan fingerprint density at radius 2 is 1.71 bits per heavy atom. The molecule has 28 heavy (non-hydrogen) atoms. The van der Waals surface area contributed by atoms with E-state index in [4.69, 9.17) is 9.47 Å². The summed E-state index contributed by atoms with van der Waals surface area (Å²) in [5.74, 6) is 0.932. The van der Waals surface area contributed by atoms with Crippen molar-refractivity contribution in [2.75, 3.05) is 39.5 Å². The Bertz CT molecular complexity index is 688. The highest BCUT2D eigenvalue weighted by molar-refractivity contribution is 5.75. The monoisotopic (exact) mass is 382 g/mol. The minimum Gasteiger partial charge on any atom is -0.494 e. The molecule has 2 aromatic rings. The molecule has 0 saturated carbocycles. The largest absolute Gasteiger partial charge is 0.494 e. The van der Waals surface area contributed by atoms with E-state index in [1.54, 1.807) is 0 Å². The fourth-order valence-electron chi connectivity index (χ4n) is 3.42. The van der Waals surface area contributed by atoms with Gasteiger partial charge in [-0.05, 0) is 30.5 Å². The zero-order chi connectivity index (χ0) is 19.4. The second kappa shape index (κ2) is 11.5. The van der Waals surface area contributed by atoms with Gasteiger partial charge in [0.25, 0.3) is 0 Å². The fraction of sp³-hybridized carbons (Fsp3) is 0.435. The third-order valence-corrected chi connectivity index (χ3v) is 4.97. The average Bonchev–Trinajstić information content (AvgIpc) is 2.76. The first kappa shape index (κ1) is 20.4. The molecule has 5 heteroatoms. The molecule has 0 radical (unpaired) electrons. The summed E-state index contributed by atoms with van der Waals surface area (Å²) in [6, 6.07) is 20.5. The van der Waals surface area contributed by atoms with Crippen LogP contribution in [0.15, 0.2) is 60.7 Å². The van der Waals surface area contributed by atoms with Crippen LogP contribution in [0.3, 0.4) is 0 Å². The van der Waals surface area contributed by atoms with Gasteiger partial charge in [-0.3, -0.25) is 9.69 Å². The normalized spacial score (nSPS) is 15.7. The van der Waals surface area contributed by atoms with Crippen LogP contribution in [0.1, 0.15) is 18.4 Å². The Morgan fingerprint density at radius 1 is 1.04 bits per heavy atom. The summed E-state index contributed by atoms with van der Waals surface area (Å²) in [6.07, 6.45) is 2.12. The van der Waals surface area contributed by atoms with E-state index in [-0.39, 0.29) is 11.9 Å². The van der Waals surface area contributed by atoms with Crippen LogP contribution in [0, 0.1) is 0 Å². The number of benzene rings is 2. The molecule has 2 aromatic carbocycles. The van der Waals surface area contributed by atoms with E-state index in [1.165, 1.54) is 5.56 Å². The Kier molecular flexibility index (Phi) is 8.34. The number of carbonyl (C=O) groups excluding carboxylic acids is 1. The molecule has 1 aliphatic heterocycles. The first-order valence-electron chi connectivity index (χ1n) is 10.1. The van der Waals surface area contributed by atoms with Gasteiger partial charge in [0.2, 0.25) is 5.91 Å².